The van der Waals surface area contributed by atoms with Crippen molar-refractivity contribution >= 4 is 17.7 Å². The van der Waals surface area contributed by atoms with Crippen molar-refractivity contribution in [2.75, 3.05) is 12.3 Å². The van der Waals surface area contributed by atoms with E-state index < -0.39 is 17.9 Å². The number of amides is 1. The third-order valence-corrected chi connectivity index (χ3v) is 2.93. The smallest absolute Gasteiger partial charge is 0.326 e. The number of rotatable bonds is 2. The lowest BCUT2D eigenvalue weighted by Gasteiger charge is -2.22. The number of aromatic nitrogens is 2. The van der Waals surface area contributed by atoms with Crippen LogP contribution < -0.4 is 5.73 Å². The molecule has 1 amide bonds. The summed E-state index contributed by atoms with van der Waals surface area (Å²) in [5.41, 5.74) is 5.27. The zero-order valence-electron chi connectivity index (χ0n) is 9.16. The number of hydrogen-bond acceptors (Lipinski definition) is 6. The van der Waals surface area contributed by atoms with Crippen molar-refractivity contribution in [1.29, 1.82) is 0 Å². The van der Waals surface area contributed by atoms with Gasteiger partial charge in [-0.15, -0.1) is 0 Å². The summed E-state index contributed by atoms with van der Waals surface area (Å²) in [6, 6.07) is -0.849. The van der Waals surface area contributed by atoms with Crippen LogP contribution in [0.5, 0.6) is 0 Å². The summed E-state index contributed by atoms with van der Waals surface area (Å²) in [5, 5.41) is 15.8. The van der Waals surface area contributed by atoms with Gasteiger partial charge in [-0.25, -0.2) is 9.42 Å². The molecule has 1 aromatic rings. The number of aliphatic carboxylic acids is 1. The van der Waals surface area contributed by atoms with E-state index in [1.54, 1.807) is 6.92 Å². The van der Waals surface area contributed by atoms with E-state index >= 15 is 0 Å². The topological polar surface area (TPSA) is 123 Å². The average molecular weight is 240 g/mol. The lowest BCUT2D eigenvalue weighted by Crippen LogP contribution is -2.43. The number of carbonyl (C=O) groups is 2. The predicted octanol–water partition coefficient (Wildman–Crippen LogP) is -0.413. The number of carbonyl (C=O) groups excluding carboxylic acids is 1. The molecular formula is C9H12N4O4. The standard InChI is InChI=1S/C9H12N4O4/c1-4-2-3-13(6(4)9(15)16)8(14)5-7(10)12-17-11-5/h4,6H,2-3H2,1H3,(H2,10,12)(H,15,16). The predicted molar refractivity (Wildman–Crippen MR) is 55.0 cm³/mol. The summed E-state index contributed by atoms with van der Waals surface area (Å²) in [4.78, 5) is 24.3. The molecule has 2 unspecified atom stereocenters. The molecule has 2 atom stereocenters. The number of likely N-dealkylation sites (tertiary alicyclic amines) is 1. The molecule has 1 aliphatic rings. The van der Waals surface area contributed by atoms with Crippen molar-refractivity contribution < 1.29 is 19.3 Å². The molecule has 2 heterocycles. The van der Waals surface area contributed by atoms with E-state index in [0.717, 1.165) is 0 Å². The molecule has 0 aliphatic carbocycles. The molecule has 0 bridgehead atoms. The number of hydrogen-bond donors (Lipinski definition) is 2. The van der Waals surface area contributed by atoms with Gasteiger partial charge in [0.2, 0.25) is 11.5 Å². The first-order valence-electron chi connectivity index (χ1n) is 5.14. The van der Waals surface area contributed by atoms with Crippen LogP contribution in [0.1, 0.15) is 23.8 Å². The normalized spacial score (nSPS) is 23.9. The zero-order chi connectivity index (χ0) is 12.6. The number of carboxylic acid groups (broad SMARTS) is 1. The van der Waals surface area contributed by atoms with Crippen LogP contribution >= 0.6 is 0 Å². The Morgan fingerprint density at radius 1 is 1.53 bits per heavy atom. The number of nitrogen functional groups attached to an aromatic ring is 1. The van der Waals surface area contributed by atoms with Gasteiger partial charge in [-0.3, -0.25) is 4.79 Å². The Hall–Kier alpha value is -2.12. The lowest BCUT2D eigenvalue weighted by molar-refractivity contribution is -0.142. The summed E-state index contributed by atoms with van der Waals surface area (Å²) in [5.74, 6) is -1.81. The Bertz CT molecular complexity index is 458. The van der Waals surface area contributed by atoms with Gasteiger partial charge < -0.3 is 15.7 Å². The molecule has 92 valence electrons. The minimum atomic E-state index is -1.03. The Morgan fingerprint density at radius 3 is 2.76 bits per heavy atom. The van der Waals surface area contributed by atoms with Crippen molar-refractivity contribution in [2.24, 2.45) is 5.92 Å². The van der Waals surface area contributed by atoms with Crippen LogP contribution in [0.2, 0.25) is 0 Å². The fourth-order valence-corrected chi connectivity index (χ4v) is 2.03. The van der Waals surface area contributed by atoms with Gasteiger partial charge in [0, 0.05) is 6.54 Å². The largest absolute Gasteiger partial charge is 0.480 e. The van der Waals surface area contributed by atoms with Crippen LogP contribution in [0.25, 0.3) is 0 Å². The Labute approximate surface area is 96.3 Å². The van der Waals surface area contributed by atoms with E-state index in [1.807, 2.05) is 0 Å². The van der Waals surface area contributed by atoms with Gasteiger partial charge in [-0.1, -0.05) is 6.92 Å². The number of anilines is 1. The van der Waals surface area contributed by atoms with E-state index in [1.165, 1.54) is 4.90 Å². The quantitative estimate of drug-likeness (QED) is 0.720. The van der Waals surface area contributed by atoms with Gasteiger partial charge in [-0.05, 0) is 22.7 Å². The zero-order valence-corrected chi connectivity index (χ0v) is 9.16. The lowest BCUT2D eigenvalue weighted by atomic mass is 10.0. The molecule has 0 aromatic carbocycles. The summed E-state index contributed by atoms with van der Waals surface area (Å²) in [6.45, 7) is 2.15. The number of nitrogens with zero attached hydrogens (tertiary/aromatic N) is 3. The summed E-state index contributed by atoms with van der Waals surface area (Å²) >= 11 is 0. The molecule has 1 saturated heterocycles. The van der Waals surface area contributed by atoms with Gasteiger partial charge in [0.05, 0.1) is 0 Å². The Kier molecular flexibility index (Phi) is 2.70. The SMILES string of the molecule is CC1CCN(C(=O)c2nonc2N)C1C(=O)O. The second-order valence-corrected chi connectivity index (χ2v) is 4.05. The van der Waals surface area contributed by atoms with Crippen molar-refractivity contribution in [3.05, 3.63) is 5.69 Å². The molecule has 2 rings (SSSR count). The highest BCUT2D eigenvalue weighted by Crippen LogP contribution is 2.26. The fourth-order valence-electron chi connectivity index (χ4n) is 2.03. The average Bonchev–Trinajstić information content (AvgIpc) is 2.83. The second kappa shape index (κ2) is 4.04. The molecule has 0 saturated carbocycles. The monoisotopic (exact) mass is 240 g/mol. The third kappa shape index (κ3) is 1.81. The van der Waals surface area contributed by atoms with E-state index in [9.17, 15) is 9.59 Å². The number of carboxylic acids is 1. The van der Waals surface area contributed by atoms with Crippen molar-refractivity contribution in [3.63, 3.8) is 0 Å². The van der Waals surface area contributed by atoms with Gasteiger partial charge in [-0.2, -0.15) is 0 Å². The highest BCUT2D eigenvalue weighted by molar-refractivity contribution is 5.98. The maximum atomic E-state index is 12.0. The van der Waals surface area contributed by atoms with Crippen LogP contribution in [-0.4, -0.2) is 44.8 Å². The molecule has 3 N–H and O–H groups in total. The van der Waals surface area contributed by atoms with Crippen LogP contribution in [0.4, 0.5) is 5.82 Å². The molecule has 0 spiro atoms. The van der Waals surface area contributed by atoms with Crippen LogP contribution in [0, 0.1) is 5.92 Å². The van der Waals surface area contributed by atoms with Crippen molar-refractivity contribution in [2.45, 2.75) is 19.4 Å². The van der Waals surface area contributed by atoms with Gasteiger partial charge >= 0.3 is 5.97 Å². The van der Waals surface area contributed by atoms with E-state index in [-0.39, 0.29) is 17.4 Å². The third-order valence-electron chi connectivity index (χ3n) is 2.93. The van der Waals surface area contributed by atoms with Gasteiger partial charge in [0.25, 0.3) is 5.91 Å². The molecule has 0 radical (unpaired) electrons. The molecule has 1 fully saturated rings. The first kappa shape index (κ1) is 11.4. The summed E-state index contributed by atoms with van der Waals surface area (Å²) < 4.78 is 4.33. The van der Waals surface area contributed by atoms with Crippen molar-refractivity contribution in [3.8, 4) is 0 Å². The first-order chi connectivity index (χ1) is 8.02. The first-order valence-corrected chi connectivity index (χ1v) is 5.14. The molecule has 8 heteroatoms. The minimum absolute atomic E-state index is 0.0995. The van der Waals surface area contributed by atoms with Crippen LogP contribution in [0.3, 0.4) is 0 Å². The second-order valence-electron chi connectivity index (χ2n) is 4.05. The molecule has 1 aliphatic heterocycles. The summed E-state index contributed by atoms with van der Waals surface area (Å²) in [7, 11) is 0. The van der Waals surface area contributed by atoms with Gasteiger partial charge in [0.15, 0.2) is 0 Å². The minimum Gasteiger partial charge on any atom is -0.480 e. The highest BCUT2D eigenvalue weighted by Gasteiger charge is 2.41. The molecular weight excluding hydrogens is 228 g/mol. The van der Waals surface area contributed by atoms with Crippen molar-refractivity contribution in [1.82, 2.24) is 15.2 Å². The number of nitrogens with two attached hydrogens (primary N) is 1. The maximum absolute atomic E-state index is 12.0. The summed E-state index contributed by atoms with van der Waals surface area (Å²) in [6.07, 6.45) is 0.633. The van der Waals surface area contributed by atoms with Gasteiger partial charge in [0.1, 0.15) is 6.04 Å². The highest BCUT2D eigenvalue weighted by atomic mass is 16.6. The van der Waals surface area contributed by atoms with E-state index in [4.69, 9.17) is 10.8 Å². The van der Waals surface area contributed by atoms with E-state index in [0.29, 0.717) is 13.0 Å². The van der Waals surface area contributed by atoms with Crippen LogP contribution in [0.15, 0.2) is 4.63 Å². The molecule has 8 nitrogen and oxygen atoms in total. The Balaban J connectivity index is 2.26. The fraction of sp³-hybridized carbons (Fsp3) is 0.556. The van der Waals surface area contributed by atoms with Crippen LogP contribution in [-0.2, 0) is 4.79 Å². The Morgan fingerprint density at radius 2 is 2.24 bits per heavy atom. The molecule has 1 aromatic heterocycles. The molecule has 17 heavy (non-hydrogen) atoms. The van der Waals surface area contributed by atoms with E-state index in [2.05, 4.69) is 14.9 Å². The maximum Gasteiger partial charge on any atom is 0.326 e.